The maximum absolute atomic E-state index is 10.1. The Bertz CT molecular complexity index is 608. The molecule has 1 aliphatic rings. The minimum atomic E-state index is -0.345. The second-order valence-corrected chi connectivity index (χ2v) is 5.75. The van der Waals surface area contributed by atoms with Crippen LogP contribution in [0.2, 0.25) is 0 Å². The Morgan fingerprint density at radius 1 is 1.15 bits per heavy atom. The van der Waals surface area contributed by atoms with E-state index in [4.69, 9.17) is 0 Å². The van der Waals surface area contributed by atoms with E-state index in [2.05, 4.69) is 60.8 Å². The molecule has 0 aromatic heterocycles. The Kier molecular flexibility index (Phi) is 3.49. The van der Waals surface area contributed by atoms with E-state index in [9.17, 15) is 5.11 Å². The number of aryl methyl sites for hydroxylation is 2. The van der Waals surface area contributed by atoms with Crippen molar-refractivity contribution in [3.8, 4) is 0 Å². The van der Waals surface area contributed by atoms with Crippen molar-refractivity contribution in [2.75, 3.05) is 11.9 Å². The van der Waals surface area contributed by atoms with Crippen molar-refractivity contribution in [2.24, 2.45) is 0 Å². The van der Waals surface area contributed by atoms with Gasteiger partial charge in [-0.1, -0.05) is 36.4 Å². The minimum Gasteiger partial charge on any atom is -0.394 e. The smallest absolute Gasteiger partial charge is 0.0859 e. The Morgan fingerprint density at radius 2 is 2.00 bits per heavy atom. The molecule has 2 aromatic carbocycles. The third-order valence-corrected chi connectivity index (χ3v) is 4.25. The molecule has 104 valence electrons. The van der Waals surface area contributed by atoms with Crippen LogP contribution < -0.4 is 5.32 Å². The molecule has 2 heteroatoms. The highest BCUT2D eigenvalue weighted by molar-refractivity contribution is 5.52. The second kappa shape index (κ2) is 5.29. The maximum atomic E-state index is 10.1. The average Bonchev–Trinajstić information content (AvgIpc) is 2.47. The minimum absolute atomic E-state index is 0.123. The molecule has 0 aliphatic heterocycles. The molecule has 0 saturated heterocycles. The first kappa shape index (κ1) is 13.2. The van der Waals surface area contributed by atoms with Crippen LogP contribution in [0.25, 0.3) is 0 Å². The zero-order chi connectivity index (χ0) is 14.0. The maximum Gasteiger partial charge on any atom is 0.0859 e. The summed E-state index contributed by atoms with van der Waals surface area (Å²) in [5, 5.41) is 13.6. The number of benzene rings is 2. The number of hydrogen-bond donors (Lipinski definition) is 2. The van der Waals surface area contributed by atoms with Crippen molar-refractivity contribution < 1.29 is 5.11 Å². The molecule has 0 saturated carbocycles. The lowest BCUT2D eigenvalue weighted by atomic mass is 9.76. The number of aliphatic hydroxyl groups is 1. The Labute approximate surface area is 120 Å². The molecule has 0 fully saturated rings. The predicted molar refractivity (Wildman–Crippen MR) is 82.9 cm³/mol. The molecule has 0 spiro atoms. The third-order valence-electron chi connectivity index (χ3n) is 4.25. The van der Waals surface area contributed by atoms with Crippen LogP contribution in [0.3, 0.4) is 0 Å². The highest BCUT2D eigenvalue weighted by Gasteiger charge is 2.35. The lowest BCUT2D eigenvalue weighted by Gasteiger charge is -2.39. The van der Waals surface area contributed by atoms with Gasteiger partial charge in [0.2, 0.25) is 0 Å². The van der Waals surface area contributed by atoms with E-state index in [0.717, 1.165) is 24.9 Å². The van der Waals surface area contributed by atoms with Crippen LogP contribution >= 0.6 is 0 Å². The van der Waals surface area contributed by atoms with Gasteiger partial charge in [-0.2, -0.15) is 0 Å². The van der Waals surface area contributed by atoms with Gasteiger partial charge in [-0.3, -0.25) is 0 Å². The first-order valence-electron chi connectivity index (χ1n) is 7.28. The van der Waals surface area contributed by atoms with Gasteiger partial charge in [-0.05, 0) is 55.0 Å². The zero-order valence-electron chi connectivity index (χ0n) is 11.9. The predicted octanol–water partition coefficient (Wildman–Crippen LogP) is 3.63. The van der Waals surface area contributed by atoms with Gasteiger partial charge in [0.25, 0.3) is 0 Å². The van der Waals surface area contributed by atoms with Gasteiger partial charge < -0.3 is 10.4 Å². The first-order valence-corrected chi connectivity index (χ1v) is 7.28. The molecule has 1 atom stereocenters. The van der Waals surface area contributed by atoms with E-state index in [1.165, 1.54) is 16.7 Å². The molecular formula is C18H21NO. The van der Waals surface area contributed by atoms with Crippen LogP contribution in [0.1, 0.15) is 29.5 Å². The summed E-state index contributed by atoms with van der Waals surface area (Å²) < 4.78 is 0. The van der Waals surface area contributed by atoms with Gasteiger partial charge >= 0.3 is 0 Å². The van der Waals surface area contributed by atoms with Crippen LogP contribution in [0, 0.1) is 6.92 Å². The highest BCUT2D eigenvalue weighted by atomic mass is 16.3. The number of anilines is 1. The summed E-state index contributed by atoms with van der Waals surface area (Å²) in [5.41, 5.74) is 4.56. The fourth-order valence-corrected chi connectivity index (χ4v) is 3.25. The summed E-state index contributed by atoms with van der Waals surface area (Å²) in [6.07, 6.45) is 3.18. The lowest BCUT2D eigenvalue weighted by molar-refractivity contribution is 0.194. The van der Waals surface area contributed by atoms with E-state index < -0.39 is 0 Å². The molecule has 0 radical (unpaired) electrons. The summed E-state index contributed by atoms with van der Waals surface area (Å²) in [7, 11) is 0. The molecule has 0 bridgehead atoms. The van der Waals surface area contributed by atoms with E-state index in [1.54, 1.807) is 0 Å². The third kappa shape index (κ3) is 2.32. The SMILES string of the molecule is Cc1cccc(NC2(CO)CCCc3ccccc32)c1. The molecule has 1 aliphatic carbocycles. The lowest BCUT2D eigenvalue weighted by Crippen LogP contribution is -2.42. The average molecular weight is 267 g/mol. The van der Waals surface area contributed by atoms with Gasteiger partial charge in [0.15, 0.2) is 0 Å². The van der Waals surface area contributed by atoms with Crippen LogP contribution in [0.4, 0.5) is 5.69 Å². The van der Waals surface area contributed by atoms with Gasteiger partial charge in [0, 0.05) is 5.69 Å². The quantitative estimate of drug-likeness (QED) is 0.890. The summed E-state index contributed by atoms with van der Waals surface area (Å²) in [5.74, 6) is 0. The standard InChI is InChI=1S/C18H21NO/c1-14-6-4-9-16(12-14)19-18(13-20)11-5-8-15-7-2-3-10-17(15)18/h2-4,6-7,9-10,12,19-20H,5,8,11,13H2,1H3. The molecule has 0 amide bonds. The molecule has 2 N–H and O–H groups in total. The molecule has 2 nitrogen and oxygen atoms in total. The van der Waals surface area contributed by atoms with Crippen molar-refractivity contribution in [3.05, 3.63) is 65.2 Å². The Hall–Kier alpha value is -1.80. The monoisotopic (exact) mass is 267 g/mol. The van der Waals surface area contributed by atoms with Crippen molar-refractivity contribution >= 4 is 5.69 Å². The van der Waals surface area contributed by atoms with Crippen LogP contribution in [0.15, 0.2) is 48.5 Å². The fraction of sp³-hybridized carbons (Fsp3) is 0.333. The van der Waals surface area contributed by atoms with Crippen molar-refractivity contribution in [1.29, 1.82) is 0 Å². The topological polar surface area (TPSA) is 32.3 Å². The normalized spacial score (nSPS) is 21.3. The zero-order valence-corrected chi connectivity index (χ0v) is 11.9. The first-order chi connectivity index (χ1) is 9.73. The van der Waals surface area contributed by atoms with Gasteiger partial charge in [-0.15, -0.1) is 0 Å². The summed E-state index contributed by atoms with van der Waals surface area (Å²) in [6, 6.07) is 16.8. The number of nitrogens with one attached hydrogen (secondary N) is 1. The number of hydrogen-bond acceptors (Lipinski definition) is 2. The molecule has 3 rings (SSSR count). The number of aliphatic hydroxyl groups excluding tert-OH is 1. The highest BCUT2D eigenvalue weighted by Crippen LogP contribution is 2.37. The van der Waals surface area contributed by atoms with E-state index in [0.29, 0.717) is 0 Å². The van der Waals surface area contributed by atoms with Crippen LogP contribution in [0.5, 0.6) is 0 Å². The molecule has 20 heavy (non-hydrogen) atoms. The van der Waals surface area contributed by atoms with Crippen molar-refractivity contribution in [3.63, 3.8) is 0 Å². The van der Waals surface area contributed by atoms with E-state index in [-0.39, 0.29) is 12.1 Å². The number of rotatable bonds is 3. The van der Waals surface area contributed by atoms with Gasteiger partial charge in [-0.25, -0.2) is 0 Å². The molecule has 1 unspecified atom stereocenters. The molecule has 0 heterocycles. The summed E-state index contributed by atoms with van der Waals surface area (Å²) in [4.78, 5) is 0. The van der Waals surface area contributed by atoms with Crippen LogP contribution in [-0.2, 0) is 12.0 Å². The van der Waals surface area contributed by atoms with E-state index >= 15 is 0 Å². The van der Waals surface area contributed by atoms with Crippen molar-refractivity contribution in [2.45, 2.75) is 31.7 Å². The second-order valence-electron chi connectivity index (χ2n) is 5.75. The summed E-state index contributed by atoms with van der Waals surface area (Å²) in [6.45, 7) is 2.21. The van der Waals surface area contributed by atoms with Crippen LogP contribution in [-0.4, -0.2) is 11.7 Å². The van der Waals surface area contributed by atoms with Crippen molar-refractivity contribution in [1.82, 2.24) is 0 Å². The largest absolute Gasteiger partial charge is 0.394 e. The van der Waals surface area contributed by atoms with Gasteiger partial charge in [0.1, 0.15) is 0 Å². The Morgan fingerprint density at radius 3 is 2.80 bits per heavy atom. The molecular weight excluding hydrogens is 246 g/mol. The fourth-order valence-electron chi connectivity index (χ4n) is 3.25. The summed E-state index contributed by atoms with van der Waals surface area (Å²) >= 11 is 0. The van der Waals surface area contributed by atoms with Gasteiger partial charge in [0.05, 0.1) is 12.1 Å². The Balaban J connectivity index is 2.00. The number of fused-ring (bicyclic) bond motifs is 1. The van der Waals surface area contributed by atoms with E-state index in [1.807, 2.05) is 0 Å². The molecule has 2 aromatic rings.